The molecule has 0 bridgehead atoms. The van der Waals surface area contributed by atoms with Gasteiger partial charge in [-0.25, -0.2) is 0 Å². The molecule has 0 aromatic heterocycles. The molecule has 2 saturated heterocycles. The summed E-state index contributed by atoms with van der Waals surface area (Å²) in [5.74, 6) is -0.738. The van der Waals surface area contributed by atoms with Crippen LogP contribution in [0, 0.1) is 0 Å². The zero-order valence-electron chi connectivity index (χ0n) is 13.7. The van der Waals surface area contributed by atoms with Crippen LogP contribution in [0.15, 0.2) is 0 Å². The van der Waals surface area contributed by atoms with E-state index in [0.717, 1.165) is 6.92 Å². The Kier molecular flexibility index (Phi) is 6.70. The van der Waals surface area contributed by atoms with E-state index in [0.29, 0.717) is 0 Å². The molecule has 6 N–H and O–H groups in total. The second kappa shape index (κ2) is 8.20. The first kappa shape index (κ1) is 20.4. The number of carbonyl (C=O) groups excluding carboxylic acids is 1. The molecule has 0 radical (unpaired) electrons. The standard InChI is InChI=1S/C14H24O11/c1-4-7(17)11(23-5(2)16)10(20)14(22-4)25-12-8(18)6(3-15)24-13(21)9(12)19/h4,6-15,17-21H,3H2,1-2H3/t4-,6+,7-,8+,9+,10+,11+,12-,13+,14-/m0/s1. The highest BCUT2D eigenvalue weighted by Crippen LogP contribution is 2.29. The van der Waals surface area contributed by atoms with E-state index in [4.69, 9.17) is 24.1 Å². The van der Waals surface area contributed by atoms with Crippen LogP contribution in [0.3, 0.4) is 0 Å². The van der Waals surface area contributed by atoms with Gasteiger partial charge >= 0.3 is 5.97 Å². The van der Waals surface area contributed by atoms with E-state index in [-0.39, 0.29) is 0 Å². The van der Waals surface area contributed by atoms with Crippen molar-refractivity contribution in [2.75, 3.05) is 6.61 Å². The van der Waals surface area contributed by atoms with E-state index in [1.165, 1.54) is 6.92 Å². The van der Waals surface area contributed by atoms with Crippen molar-refractivity contribution in [2.24, 2.45) is 0 Å². The maximum atomic E-state index is 11.2. The van der Waals surface area contributed by atoms with Crippen molar-refractivity contribution in [3.63, 3.8) is 0 Å². The fourth-order valence-corrected chi connectivity index (χ4v) is 2.82. The highest BCUT2D eigenvalue weighted by atomic mass is 16.7. The summed E-state index contributed by atoms with van der Waals surface area (Å²) in [6.45, 7) is 1.90. The lowest BCUT2D eigenvalue weighted by molar-refractivity contribution is -0.352. The van der Waals surface area contributed by atoms with Gasteiger partial charge in [0.2, 0.25) is 0 Å². The Morgan fingerprint density at radius 2 is 1.60 bits per heavy atom. The van der Waals surface area contributed by atoms with Crippen molar-refractivity contribution < 1.29 is 54.4 Å². The lowest BCUT2D eigenvalue weighted by atomic mass is 9.97. The van der Waals surface area contributed by atoms with E-state index in [1.807, 2.05) is 0 Å². The zero-order valence-corrected chi connectivity index (χ0v) is 13.7. The Morgan fingerprint density at radius 3 is 2.16 bits per heavy atom. The van der Waals surface area contributed by atoms with Gasteiger partial charge in [0.25, 0.3) is 0 Å². The zero-order chi connectivity index (χ0) is 18.9. The summed E-state index contributed by atoms with van der Waals surface area (Å²) in [6.07, 6.45) is -14.3. The third-order valence-electron chi connectivity index (χ3n) is 4.22. The summed E-state index contributed by atoms with van der Waals surface area (Å²) in [6, 6.07) is 0. The maximum absolute atomic E-state index is 11.2. The predicted molar refractivity (Wildman–Crippen MR) is 76.8 cm³/mol. The van der Waals surface area contributed by atoms with Gasteiger partial charge in [0.15, 0.2) is 18.7 Å². The molecule has 146 valence electrons. The van der Waals surface area contributed by atoms with Crippen molar-refractivity contribution >= 4 is 5.97 Å². The number of hydrogen-bond donors (Lipinski definition) is 6. The molecule has 0 aromatic carbocycles. The van der Waals surface area contributed by atoms with Crippen LogP contribution >= 0.6 is 0 Å². The minimum absolute atomic E-state index is 0.649. The minimum atomic E-state index is -1.74. The van der Waals surface area contributed by atoms with Crippen LogP contribution in [0.4, 0.5) is 0 Å². The van der Waals surface area contributed by atoms with Crippen molar-refractivity contribution in [1.29, 1.82) is 0 Å². The van der Waals surface area contributed by atoms with Gasteiger partial charge in [0.1, 0.15) is 36.6 Å². The Balaban J connectivity index is 2.14. The second-order valence-corrected chi connectivity index (χ2v) is 6.09. The summed E-state index contributed by atoms with van der Waals surface area (Å²) in [5, 5.41) is 59.1. The Morgan fingerprint density at radius 1 is 0.960 bits per heavy atom. The normalized spacial score (nSPS) is 48.2. The number of aliphatic hydroxyl groups is 6. The topological polar surface area (TPSA) is 175 Å². The lowest BCUT2D eigenvalue weighted by Gasteiger charge is -2.45. The van der Waals surface area contributed by atoms with E-state index in [1.54, 1.807) is 0 Å². The molecule has 10 atom stereocenters. The number of rotatable bonds is 4. The molecular formula is C14H24O11. The van der Waals surface area contributed by atoms with Crippen LogP contribution < -0.4 is 0 Å². The molecule has 2 rings (SSSR count). The molecule has 0 spiro atoms. The van der Waals surface area contributed by atoms with E-state index in [2.05, 4.69) is 0 Å². The largest absolute Gasteiger partial charge is 0.457 e. The Bertz CT molecular complexity index is 460. The summed E-state index contributed by atoms with van der Waals surface area (Å²) in [7, 11) is 0. The van der Waals surface area contributed by atoms with Crippen molar-refractivity contribution in [2.45, 2.75) is 75.3 Å². The molecule has 2 heterocycles. The Hall–Kier alpha value is -0.890. The molecule has 0 aliphatic carbocycles. The van der Waals surface area contributed by atoms with Crippen LogP contribution in [0.5, 0.6) is 0 Å². The van der Waals surface area contributed by atoms with Gasteiger partial charge in [0.05, 0.1) is 12.7 Å². The molecule has 2 fully saturated rings. The van der Waals surface area contributed by atoms with Crippen LogP contribution in [0.25, 0.3) is 0 Å². The molecule has 0 aromatic rings. The van der Waals surface area contributed by atoms with Gasteiger partial charge in [0, 0.05) is 6.92 Å². The SMILES string of the molecule is CC(=O)O[C@@H]1[C@@H](O)[C@H](C)O[C@@H](O[C@@H]2[C@@H](O)[C@H](O)O[C@H](CO)[C@H]2O)[C@@H]1O. The third-order valence-corrected chi connectivity index (χ3v) is 4.22. The Labute approximate surface area is 143 Å². The third kappa shape index (κ3) is 4.27. The van der Waals surface area contributed by atoms with Crippen molar-refractivity contribution in [3.8, 4) is 0 Å². The van der Waals surface area contributed by atoms with Crippen molar-refractivity contribution in [1.82, 2.24) is 0 Å². The van der Waals surface area contributed by atoms with Crippen molar-refractivity contribution in [3.05, 3.63) is 0 Å². The lowest BCUT2D eigenvalue weighted by Crippen LogP contribution is -2.64. The molecule has 0 amide bonds. The van der Waals surface area contributed by atoms with Gasteiger partial charge in [-0.15, -0.1) is 0 Å². The summed E-state index contributed by atoms with van der Waals surface area (Å²) < 4.78 is 20.4. The van der Waals surface area contributed by atoms with Crippen LogP contribution in [-0.4, -0.2) is 105 Å². The summed E-state index contributed by atoms with van der Waals surface area (Å²) in [4.78, 5) is 11.2. The van der Waals surface area contributed by atoms with Gasteiger partial charge in [-0.3, -0.25) is 4.79 Å². The molecule has 2 aliphatic heterocycles. The fraction of sp³-hybridized carbons (Fsp3) is 0.929. The first-order chi connectivity index (χ1) is 11.7. The molecule has 11 nitrogen and oxygen atoms in total. The fourth-order valence-electron chi connectivity index (χ4n) is 2.82. The van der Waals surface area contributed by atoms with Gasteiger partial charge in [-0.2, -0.15) is 0 Å². The van der Waals surface area contributed by atoms with Gasteiger partial charge < -0.3 is 49.6 Å². The highest BCUT2D eigenvalue weighted by Gasteiger charge is 2.50. The quantitative estimate of drug-likeness (QED) is 0.268. The molecule has 0 saturated carbocycles. The number of hydrogen-bond acceptors (Lipinski definition) is 11. The maximum Gasteiger partial charge on any atom is 0.303 e. The van der Waals surface area contributed by atoms with E-state index < -0.39 is 74.0 Å². The van der Waals surface area contributed by atoms with Gasteiger partial charge in [-0.05, 0) is 6.92 Å². The van der Waals surface area contributed by atoms with Gasteiger partial charge in [-0.1, -0.05) is 0 Å². The number of carbonyl (C=O) groups is 1. The molecular weight excluding hydrogens is 344 g/mol. The first-order valence-electron chi connectivity index (χ1n) is 7.82. The average molecular weight is 368 g/mol. The predicted octanol–water partition coefficient (Wildman–Crippen LogP) is -3.80. The number of ether oxygens (including phenoxy) is 4. The summed E-state index contributed by atoms with van der Waals surface area (Å²) in [5.41, 5.74) is 0. The second-order valence-electron chi connectivity index (χ2n) is 6.09. The monoisotopic (exact) mass is 368 g/mol. The minimum Gasteiger partial charge on any atom is -0.457 e. The molecule has 25 heavy (non-hydrogen) atoms. The molecule has 2 aliphatic rings. The average Bonchev–Trinajstić information content (AvgIpc) is 2.55. The molecule has 0 unspecified atom stereocenters. The highest BCUT2D eigenvalue weighted by molar-refractivity contribution is 5.66. The number of esters is 1. The van der Waals surface area contributed by atoms with Crippen LogP contribution in [0.1, 0.15) is 13.8 Å². The smallest absolute Gasteiger partial charge is 0.303 e. The number of aliphatic hydroxyl groups excluding tert-OH is 6. The summed E-state index contributed by atoms with van der Waals surface area (Å²) >= 11 is 0. The van der Waals surface area contributed by atoms with E-state index in [9.17, 15) is 30.3 Å². The van der Waals surface area contributed by atoms with E-state index >= 15 is 0 Å². The van der Waals surface area contributed by atoms with Crippen LogP contribution in [-0.2, 0) is 23.7 Å². The first-order valence-corrected chi connectivity index (χ1v) is 7.82. The molecule has 11 heteroatoms. The van der Waals surface area contributed by atoms with Crippen LogP contribution in [0.2, 0.25) is 0 Å².